The fourth-order valence-electron chi connectivity index (χ4n) is 2.23. The zero-order valence-corrected chi connectivity index (χ0v) is 11.5. The minimum absolute atomic E-state index is 0.235. The van der Waals surface area contributed by atoms with Gasteiger partial charge in [0.15, 0.2) is 11.5 Å². The van der Waals surface area contributed by atoms with E-state index < -0.39 is 0 Å². The predicted molar refractivity (Wildman–Crippen MR) is 78.3 cm³/mol. The number of allylic oxidation sites excluding steroid dienone is 1. The van der Waals surface area contributed by atoms with Crippen LogP contribution < -0.4 is 14.2 Å². The van der Waals surface area contributed by atoms with E-state index in [1.165, 1.54) is 6.08 Å². The monoisotopic (exact) mass is 279 g/mol. The lowest BCUT2D eigenvalue weighted by Gasteiger charge is -2.09. The van der Waals surface area contributed by atoms with E-state index in [0.29, 0.717) is 5.75 Å². The molecule has 0 bridgehead atoms. The van der Waals surface area contributed by atoms with Gasteiger partial charge in [-0.3, -0.25) is 0 Å². The Kier molecular flexibility index (Phi) is 3.48. The maximum atomic E-state index is 9.05. The average molecular weight is 279 g/mol. The molecule has 0 unspecified atom stereocenters. The van der Waals surface area contributed by atoms with Gasteiger partial charge in [-0.15, -0.1) is 0 Å². The van der Waals surface area contributed by atoms with E-state index in [-0.39, 0.29) is 6.79 Å². The largest absolute Gasteiger partial charge is 0.497 e. The topological polar surface area (TPSA) is 51.5 Å². The van der Waals surface area contributed by atoms with Crippen LogP contribution in [0.4, 0.5) is 0 Å². The first-order valence-corrected chi connectivity index (χ1v) is 6.46. The quantitative estimate of drug-likeness (QED) is 0.808. The molecule has 104 valence electrons. The molecule has 0 aliphatic carbocycles. The van der Waals surface area contributed by atoms with Crippen molar-refractivity contribution < 1.29 is 14.2 Å². The summed E-state index contributed by atoms with van der Waals surface area (Å²) in [4.78, 5) is 0. The Bertz CT molecular complexity index is 727. The fourth-order valence-corrected chi connectivity index (χ4v) is 2.23. The molecule has 0 N–H and O–H groups in total. The smallest absolute Gasteiger partial charge is 0.231 e. The summed E-state index contributed by atoms with van der Waals surface area (Å²) in [6, 6.07) is 15.3. The van der Waals surface area contributed by atoms with Crippen molar-refractivity contribution >= 4 is 5.57 Å². The number of rotatable bonds is 3. The standard InChI is InChI=1S/C17H13NO3/c1-19-14-5-2-12(3-6-14)15(8-9-18)13-4-7-16-17(10-13)21-11-20-16/h2-8,10H,11H2,1H3/b15-8-. The lowest BCUT2D eigenvalue weighted by molar-refractivity contribution is 0.174. The van der Waals surface area contributed by atoms with Crippen LogP contribution in [-0.2, 0) is 0 Å². The molecular formula is C17H13NO3. The molecule has 0 atom stereocenters. The van der Waals surface area contributed by atoms with Crippen LogP contribution in [0.1, 0.15) is 11.1 Å². The molecule has 0 spiro atoms. The van der Waals surface area contributed by atoms with Gasteiger partial charge in [0.25, 0.3) is 0 Å². The molecule has 4 heteroatoms. The summed E-state index contributed by atoms with van der Waals surface area (Å²) in [6.45, 7) is 0.235. The second-order valence-electron chi connectivity index (χ2n) is 4.48. The van der Waals surface area contributed by atoms with Gasteiger partial charge in [0, 0.05) is 6.08 Å². The van der Waals surface area contributed by atoms with E-state index in [1.54, 1.807) is 7.11 Å². The second-order valence-corrected chi connectivity index (χ2v) is 4.48. The fraction of sp³-hybridized carbons (Fsp3) is 0.118. The van der Waals surface area contributed by atoms with Gasteiger partial charge in [-0.25, -0.2) is 0 Å². The molecule has 21 heavy (non-hydrogen) atoms. The highest BCUT2D eigenvalue weighted by atomic mass is 16.7. The Hall–Kier alpha value is -2.93. The lowest BCUT2D eigenvalue weighted by atomic mass is 9.97. The van der Waals surface area contributed by atoms with E-state index in [9.17, 15) is 0 Å². The number of fused-ring (bicyclic) bond motifs is 1. The zero-order valence-electron chi connectivity index (χ0n) is 11.5. The molecule has 0 fully saturated rings. The molecule has 0 saturated heterocycles. The van der Waals surface area contributed by atoms with Gasteiger partial charge in [0.2, 0.25) is 6.79 Å². The Morgan fingerprint density at radius 1 is 1.10 bits per heavy atom. The van der Waals surface area contributed by atoms with Gasteiger partial charge in [0.05, 0.1) is 13.2 Å². The molecule has 1 aliphatic rings. The van der Waals surface area contributed by atoms with E-state index in [1.807, 2.05) is 42.5 Å². The summed E-state index contributed by atoms with van der Waals surface area (Å²) in [7, 11) is 1.62. The Morgan fingerprint density at radius 2 is 1.81 bits per heavy atom. The van der Waals surface area contributed by atoms with Crippen molar-refractivity contribution in [1.29, 1.82) is 5.26 Å². The van der Waals surface area contributed by atoms with Gasteiger partial charge < -0.3 is 14.2 Å². The first kappa shape index (κ1) is 13.1. The zero-order chi connectivity index (χ0) is 14.7. The Labute approximate surface area is 122 Å². The predicted octanol–water partition coefficient (Wildman–Crippen LogP) is 3.38. The van der Waals surface area contributed by atoms with Crippen molar-refractivity contribution in [3.8, 4) is 23.3 Å². The molecular weight excluding hydrogens is 266 g/mol. The third kappa shape index (κ3) is 2.54. The summed E-state index contributed by atoms with van der Waals surface area (Å²) in [5, 5.41) is 9.05. The number of benzene rings is 2. The minimum atomic E-state index is 0.235. The molecule has 1 aliphatic heterocycles. The molecule has 0 aromatic heterocycles. The van der Waals surface area contributed by atoms with Crippen LogP contribution in [0, 0.1) is 11.3 Å². The number of nitrogens with zero attached hydrogens (tertiary/aromatic N) is 1. The first-order valence-electron chi connectivity index (χ1n) is 6.46. The van der Waals surface area contributed by atoms with Gasteiger partial charge in [0.1, 0.15) is 5.75 Å². The SMILES string of the molecule is COc1ccc(/C(=C/C#N)c2ccc3c(c2)OCO3)cc1. The highest BCUT2D eigenvalue weighted by molar-refractivity contribution is 5.82. The van der Waals surface area contributed by atoms with Gasteiger partial charge in [-0.1, -0.05) is 18.2 Å². The van der Waals surface area contributed by atoms with Crippen molar-refractivity contribution in [2.45, 2.75) is 0 Å². The minimum Gasteiger partial charge on any atom is -0.497 e. The maximum absolute atomic E-state index is 9.05. The average Bonchev–Trinajstić information content (AvgIpc) is 3.00. The summed E-state index contributed by atoms with van der Waals surface area (Å²) < 4.78 is 15.8. The van der Waals surface area contributed by atoms with E-state index in [2.05, 4.69) is 6.07 Å². The molecule has 0 radical (unpaired) electrons. The van der Waals surface area contributed by atoms with Crippen LogP contribution in [0.3, 0.4) is 0 Å². The Balaban J connectivity index is 2.02. The van der Waals surface area contributed by atoms with Crippen molar-refractivity contribution in [1.82, 2.24) is 0 Å². The lowest BCUT2D eigenvalue weighted by Crippen LogP contribution is -1.93. The number of ether oxygens (including phenoxy) is 3. The summed E-state index contributed by atoms with van der Waals surface area (Å²) >= 11 is 0. The van der Waals surface area contributed by atoms with Crippen molar-refractivity contribution in [2.24, 2.45) is 0 Å². The number of nitriles is 1. The summed E-state index contributed by atoms with van der Waals surface area (Å²) in [5.41, 5.74) is 2.68. The van der Waals surface area contributed by atoms with Gasteiger partial charge >= 0.3 is 0 Å². The van der Waals surface area contributed by atoms with E-state index in [4.69, 9.17) is 19.5 Å². The van der Waals surface area contributed by atoms with E-state index in [0.717, 1.165) is 28.2 Å². The molecule has 0 amide bonds. The molecule has 0 saturated carbocycles. The number of methoxy groups -OCH3 is 1. The van der Waals surface area contributed by atoms with Crippen LogP contribution in [-0.4, -0.2) is 13.9 Å². The normalized spacial score (nSPS) is 12.9. The molecule has 2 aromatic carbocycles. The summed E-state index contributed by atoms with van der Waals surface area (Å²) in [5.74, 6) is 2.20. The van der Waals surface area contributed by atoms with Crippen molar-refractivity contribution in [3.63, 3.8) is 0 Å². The first-order chi connectivity index (χ1) is 10.3. The van der Waals surface area contributed by atoms with Crippen LogP contribution >= 0.6 is 0 Å². The number of hydrogen-bond acceptors (Lipinski definition) is 4. The van der Waals surface area contributed by atoms with Crippen LogP contribution in [0.25, 0.3) is 5.57 Å². The van der Waals surface area contributed by atoms with Crippen LogP contribution in [0.2, 0.25) is 0 Å². The van der Waals surface area contributed by atoms with Gasteiger partial charge in [-0.2, -0.15) is 5.26 Å². The molecule has 2 aromatic rings. The van der Waals surface area contributed by atoms with E-state index >= 15 is 0 Å². The highest BCUT2D eigenvalue weighted by Crippen LogP contribution is 2.36. The van der Waals surface area contributed by atoms with Crippen molar-refractivity contribution in [3.05, 3.63) is 59.7 Å². The highest BCUT2D eigenvalue weighted by Gasteiger charge is 2.15. The third-order valence-electron chi connectivity index (χ3n) is 3.29. The van der Waals surface area contributed by atoms with Crippen molar-refractivity contribution in [2.75, 3.05) is 13.9 Å². The number of hydrogen-bond donors (Lipinski definition) is 0. The summed E-state index contributed by atoms with van der Waals surface area (Å²) in [6.07, 6.45) is 1.53. The Morgan fingerprint density at radius 3 is 2.52 bits per heavy atom. The molecule has 3 rings (SSSR count). The van der Waals surface area contributed by atoms with Crippen LogP contribution in [0.15, 0.2) is 48.5 Å². The molecule has 1 heterocycles. The van der Waals surface area contributed by atoms with Gasteiger partial charge in [-0.05, 0) is 41.0 Å². The van der Waals surface area contributed by atoms with Crippen LogP contribution in [0.5, 0.6) is 17.2 Å². The third-order valence-corrected chi connectivity index (χ3v) is 3.29. The maximum Gasteiger partial charge on any atom is 0.231 e. The second kappa shape index (κ2) is 5.59. The molecule has 4 nitrogen and oxygen atoms in total.